The molecule has 0 spiro atoms. The first kappa shape index (κ1) is 19.3. The SMILES string of the molecule is C/C(=N\NC(=O)[C@H]1CCCN(S(=O)(=O)c2ccc(C)cc2)C1)c1ccc[nH]1. The van der Waals surface area contributed by atoms with E-state index in [-0.39, 0.29) is 17.3 Å². The highest BCUT2D eigenvalue weighted by Crippen LogP contribution is 2.24. The molecule has 1 aliphatic rings. The van der Waals surface area contributed by atoms with E-state index in [4.69, 9.17) is 0 Å². The van der Waals surface area contributed by atoms with E-state index in [0.717, 1.165) is 11.3 Å². The normalized spacial score (nSPS) is 19.0. The van der Waals surface area contributed by atoms with Crippen LogP contribution < -0.4 is 5.43 Å². The van der Waals surface area contributed by atoms with Gasteiger partial charge in [-0.2, -0.15) is 9.41 Å². The van der Waals surface area contributed by atoms with Crippen molar-refractivity contribution < 1.29 is 13.2 Å². The Morgan fingerprint density at radius 2 is 2.00 bits per heavy atom. The molecule has 1 fully saturated rings. The number of amides is 1. The summed E-state index contributed by atoms with van der Waals surface area (Å²) in [4.78, 5) is 15.8. The quantitative estimate of drug-likeness (QED) is 0.608. The molecule has 3 rings (SSSR count). The number of hydrogen-bond acceptors (Lipinski definition) is 4. The van der Waals surface area contributed by atoms with Gasteiger partial charge in [0, 0.05) is 19.3 Å². The van der Waals surface area contributed by atoms with Crippen molar-refractivity contribution in [1.29, 1.82) is 0 Å². The molecular formula is C19H24N4O3S. The molecule has 1 atom stereocenters. The van der Waals surface area contributed by atoms with Gasteiger partial charge in [-0.25, -0.2) is 13.8 Å². The molecule has 2 aromatic rings. The highest BCUT2D eigenvalue weighted by molar-refractivity contribution is 7.89. The molecule has 0 bridgehead atoms. The molecule has 0 radical (unpaired) electrons. The number of piperidine rings is 1. The maximum atomic E-state index is 12.9. The van der Waals surface area contributed by atoms with E-state index in [1.165, 1.54) is 4.31 Å². The van der Waals surface area contributed by atoms with Gasteiger partial charge in [0.1, 0.15) is 0 Å². The standard InChI is InChI=1S/C19H24N4O3S/c1-14-7-9-17(10-8-14)27(25,26)23-12-4-5-16(13-23)19(24)22-21-15(2)18-6-3-11-20-18/h3,6-11,16,20H,4-5,12-13H2,1-2H3,(H,22,24)/b21-15+/t16-/m0/s1. The number of hydrazone groups is 1. The minimum atomic E-state index is -3.60. The van der Waals surface area contributed by atoms with E-state index in [0.29, 0.717) is 25.1 Å². The van der Waals surface area contributed by atoms with Gasteiger partial charge in [-0.1, -0.05) is 17.7 Å². The fourth-order valence-electron chi connectivity index (χ4n) is 3.08. The lowest BCUT2D eigenvalue weighted by Crippen LogP contribution is -2.44. The van der Waals surface area contributed by atoms with Gasteiger partial charge in [-0.15, -0.1) is 0 Å². The smallest absolute Gasteiger partial charge is 0.244 e. The maximum Gasteiger partial charge on any atom is 0.244 e. The Labute approximate surface area is 159 Å². The van der Waals surface area contributed by atoms with Gasteiger partial charge in [0.25, 0.3) is 0 Å². The summed E-state index contributed by atoms with van der Waals surface area (Å²) < 4.78 is 27.1. The topological polar surface area (TPSA) is 94.6 Å². The maximum absolute atomic E-state index is 12.9. The van der Waals surface area contributed by atoms with Crippen LogP contribution in [-0.2, 0) is 14.8 Å². The number of nitrogens with zero attached hydrogens (tertiary/aromatic N) is 2. The number of benzene rings is 1. The number of rotatable bonds is 5. The lowest BCUT2D eigenvalue weighted by Gasteiger charge is -2.30. The molecule has 2 heterocycles. The van der Waals surface area contributed by atoms with Crippen LogP contribution in [0, 0.1) is 12.8 Å². The molecule has 7 nitrogen and oxygen atoms in total. The Bertz CT molecular complexity index is 918. The fraction of sp³-hybridized carbons (Fsp3) is 0.368. The van der Waals surface area contributed by atoms with Gasteiger partial charge in [-0.05, 0) is 51.0 Å². The Morgan fingerprint density at radius 3 is 2.67 bits per heavy atom. The molecular weight excluding hydrogens is 364 g/mol. The summed E-state index contributed by atoms with van der Waals surface area (Å²) in [7, 11) is -3.60. The van der Waals surface area contributed by atoms with E-state index in [1.807, 2.05) is 19.1 Å². The molecule has 0 saturated carbocycles. The number of H-pyrrole nitrogens is 1. The second-order valence-corrected chi connectivity index (χ2v) is 8.71. The van der Waals surface area contributed by atoms with Crippen LogP contribution in [0.3, 0.4) is 0 Å². The number of aromatic amines is 1. The van der Waals surface area contributed by atoms with Crippen molar-refractivity contribution in [3.63, 3.8) is 0 Å². The molecule has 1 aromatic heterocycles. The highest BCUT2D eigenvalue weighted by atomic mass is 32.2. The summed E-state index contributed by atoms with van der Waals surface area (Å²) in [5, 5.41) is 4.11. The fourth-order valence-corrected chi connectivity index (χ4v) is 4.60. The second-order valence-electron chi connectivity index (χ2n) is 6.77. The van der Waals surface area contributed by atoms with Crippen molar-refractivity contribution in [2.24, 2.45) is 11.0 Å². The van der Waals surface area contributed by atoms with Crippen LogP contribution in [0.5, 0.6) is 0 Å². The summed E-state index contributed by atoms with van der Waals surface area (Å²) in [5.41, 5.74) is 5.05. The molecule has 144 valence electrons. The van der Waals surface area contributed by atoms with E-state index in [9.17, 15) is 13.2 Å². The Morgan fingerprint density at radius 1 is 1.26 bits per heavy atom. The van der Waals surface area contributed by atoms with Crippen LogP contribution in [0.4, 0.5) is 0 Å². The van der Waals surface area contributed by atoms with Crippen molar-refractivity contribution in [2.45, 2.75) is 31.6 Å². The molecule has 1 saturated heterocycles. The minimum Gasteiger partial charge on any atom is -0.360 e. The lowest BCUT2D eigenvalue weighted by molar-refractivity contribution is -0.126. The van der Waals surface area contributed by atoms with Crippen molar-refractivity contribution in [2.75, 3.05) is 13.1 Å². The van der Waals surface area contributed by atoms with Gasteiger partial charge in [0.2, 0.25) is 15.9 Å². The van der Waals surface area contributed by atoms with Gasteiger partial charge < -0.3 is 4.98 Å². The predicted octanol–water partition coefficient (Wildman–Crippen LogP) is 2.26. The first-order valence-corrected chi connectivity index (χ1v) is 10.4. The van der Waals surface area contributed by atoms with Gasteiger partial charge in [0.15, 0.2) is 0 Å². The van der Waals surface area contributed by atoms with Crippen molar-refractivity contribution in [3.05, 3.63) is 53.9 Å². The lowest BCUT2D eigenvalue weighted by atomic mass is 9.99. The van der Waals surface area contributed by atoms with Crippen molar-refractivity contribution >= 4 is 21.6 Å². The number of aromatic nitrogens is 1. The molecule has 1 amide bonds. The van der Waals surface area contributed by atoms with Crippen molar-refractivity contribution in [3.8, 4) is 0 Å². The molecule has 1 aromatic carbocycles. The van der Waals surface area contributed by atoms with Crippen LogP contribution in [-0.4, -0.2) is 42.4 Å². The van der Waals surface area contributed by atoms with Crippen LogP contribution >= 0.6 is 0 Å². The summed E-state index contributed by atoms with van der Waals surface area (Å²) in [6.45, 7) is 4.29. The highest BCUT2D eigenvalue weighted by Gasteiger charge is 2.33. The third-order valence-corrected chi connectivity index (χ3v) is 6.61. The number of hydrogen-bond donors (Lipinski definition) is 2. The first-order chi connectivity index (χ1) is 12.9. The largest absolute Gasteiger partial charge is 0.360 e. The van der Waals surface area contributed by atoms with Crippen LogP contribution in [0.2, 0.25) is 0 Å². The third-order valence-electron chi connectivity index (χ3n) is 4.74. The van der Waals surface area contributed by atoms with Crippen LogP contribution in [0.25, 0.3) is 0 Å². The number of carbonyl (C=O) groups excluding carboxylic acids is 1. The molecule has 8 heteroatoms. The zero-order valence-corrected chi connectivity index (χ0v) is 16.3. The third kappa shape index (κ3) is 4.45. The zero-order chi connectivity index (χ0) is 19.4. The molecule has 0 unspecified atom stereocenters. The second kappa shape index (κ2) is 8.06. The Kier molecular flexibility index (Phi) is 5.76. The summed E-state index contributed by atoms with van der Waals surface area (Å²) in [6, 6.07) is 10.5. The molecule has 27 heavy (non-hydrogen) atoms. The summed E-state index contributed by atoms with van der Waals surface area (Å²) in [6.07, 6.45) is 3.07. The summed E-state index contributed by atoms with van der Waals surface area (Å²) in [5.74, 6) is -0.677. The van der Waals surface area contributed by atoms with Crippen LogP contribution in [0.1, 0.15) is 31.0 Å². The predicted molar refractivity (Wildman–Crippen MR) is 104 cm³/mol. The summed E-state index contributed by atoms with van der Waals surface area (Å²) >= 11 is 0. The van der Waals surface area contributed by atoms with E-state index >= 15 is 0 Å². The molecule has 0 aliphatic carbocycles. The van der Waals surface area contributed by atoms with Gasteiger partial charge >= 0.3 is 0 Å². The molecule has 2 N–H and O–H groups in total. The average molecular weight is 388 g/mol. The number of carbonyl (C=O) groups is 1. The van der Waals surface area contributed by atoms with E-state index < -0.39 is 15.9 Å². The minimum absolute atomic E-state index is 0.166. The Balaban J connectivity index is 1.67. The number of sulfonamides is 1. The van der Waals surface area contributed by atoms with Crippen LogP contribution in [0.15, 0.2) is 52.6 Å². The van der Waals surface area contributed by atoms with E-state index in [1.54, 1.807) is 37.4 Å². The first-order valence-electron chi connectivity index (χ1n) is 8.92. The monoisotopic (exact) mass is 388 g/mol. The van der Waals surface area contributed by atoms with Crippen molar-refractivity contribution in [1.82, 2.24) is 14.7 Å². The Hall–Kier alpha value is -2.45. The average Bonchev–Trinajstić information content (AvgIpc) is 3.21. The number of aryl methyl sites for hydroxylation is 1. The van der Waals surface area contributed by atoms with Gasteiger partial charge in [-0.3, -0.25) is 4.79 Å². The molecule has 1 aliphatic heterocycles. The number of nitrogens with one attached hydrogen (secondary N) is 2. The van der Waals surface area contributed by atoms with Gasteiger partial charge in [0.05, 0.1) is 22.2 Å². The van der Waals surface area contributed by atoms with E-state index in [2.05, 4.69) is 15.5 Å². The zero-order valence-electron chi connectivity index (χ0n) is 15.5.